The predicted molar refractivity (Wildman–Crippen MR) is 38.6 cm³/mol. The summed E-state index contributed by atoms with van der Waals surface area (Å²) >= 11 is 0. The van der Waals surface area contributed by atoms with Gasteiger partial charge in [-0.05, 0) is 12.1 Å². The Labute approximate surface area is 68.0 Å². The van der Waals surface area contributed by atoms with Crippen LogP contribution in [-0.2, 0) is 0 Å². The Kier molecular flexibility index (Phi) is 2.05. The fourth-order valence-electron chi connectivity index (χ4n) is 0.739. The molecule has 0 aliphatic carbocycles. The normalized spacial score (nSPS) is 9.33. The molecule has 0 aliphatic heterocycles. The maximum Gasteiger partial charge on any atom is 0.493 e. The Balaban J connectivity index is 3.12. The maximum absolute atomic E-state index is 10.6. The smallest absolute Gasteiger partial charge is 0.478 e. The van der Waals surface area contributed by atoms with Crippen LogP contribution in [0.1, 0.15) is 10.4 Å². The van der Waals surface area contributed by atoms with Gasteiger partial charge >= 0.3 is 12.0 Å². The van der Waals surface area contributed by atoms with Crippen LogP contribution in [0.25, 0.3) is 0 Å². The van der Waals surface area contributed by atoms with Crippen molar-refractivity contribution < 1.29 is 19.3 Å². The van der Waals surface area contributed by atoms with E-state index in [9.17, 15) is 9.59 Å². The number of carboxylic acids is 1. The number of hydrogen-bond donors (Lipinski definition) is 2. The van der Waals surface area contributed by atoms with Crippen molar-refractivity contribution in [2.75, 3.05) is 0 Å². The van der Waals surface area contributed by atoms with E-state index >= 15 is 0 Å². The molecule has 5 heteroatoms. The van der Waals surface area contributed by atoms with Crippen LogP contribution in [0.5, 0.6) is 0 Å². The van der Waals surface area contributed by atoms with E-state index in [1.807, 2.05) is 0 Å². The maximum atomic E-state index is 10.6. The van der Waals surface area contributed by atoms with Gasteiger partial charge in [0.1, 0.15) is 6.20 Å². The Hall–Kier alpha value is -1.91. The van der Waals surface area contributed by atoms with Crippen molar-refractivity contribution in [2.24, 2.45) is 5.73 Å². The molecule has 0 fully saturated rings. The fourth-order valence-corrected chi connectivity index (χ4v) is 0.739. The summed E-state index contributed by atoms with van der Waals surface area (Å²) in [4.78, 5) is 21.0. The minimum atomic E-state index is -1.09. The molecule has 3 N–H and O–H groups in total. The number of aromatic nitrogens is 1. The Morgan fingerprint density at radius 1 is 1.50 bits per heavy atom. The van der Waals surface area contributed by atoms with Gasteiger partial charge in [0.15, 0.2) is 0 Å². The molecule has 0 atom stereocenters. The number of rotatable bonds is 1. The van der Waals surface area contributed by atoms with Crippen LogP contribution in [0.15, 0.2) is 24.5 Å². The first-order valence-electron chi connectivity index (χ1n) is 3.15. The van der Waals surface area contributed by atoms with Crippen molar-refractivity contribution in [2.45, 2.75) is 0 Å². The number of primary amides is 1. The lowest BCUT2D eigenvalue weighted by atomic mass is 10.3. The molecular weight excluding hydrogens is 160 g/mol. The fraction of sp³-hybridized carbons (Fsp3) is 0. The third kappa shape index (κ3) is 1.57. The number of carbonyl (C=O) groups is 2. The van der Waals surface area contributed by atoms with Crippen LogP contribution in [0.4, 0.5) is 4.79 Å². The standard InChI is InChI=1S/C7H6N2O3/c8-7(12)9-3-1-2-5(4-9)6(10)11/h1-4H,(H2-,8,10,11,12)/p+1. The highest BCUT2D eigenvalue weighted by Gasteiger charge is 2.09. The molecule has 1 rings (SSSR count). The summed E-state index contributed by atoms with van der Waals surface area (Å²) in [7, 11) is 0. The molecule has 0 spiro atoms. The van der Waals surface area contributed by atoms with E-state index in [4.69, 9.17) is 10.8 Å². The molecule has 0 unspecified atom stereocenters. The number of aromatic carboxylic acids is 1. The van der Waals surface area contributed by atoms with Crippen LogP contribution in [0, 0.1) is 0 Å². The van der Waals surface area contributed by atoms with Gasteiger partial charge in [-0.25, -0.2) is 4.79 Å². The molecular formula is C7H7N2O3+. The second kappa shape index (κ2) is 3.00. The summed E-state index contributed by atoms with van der Waals surface area (Å²) in [6, 6.07) is 2.11. The Bertz CT molecular complexity index is 306. The third-order valence-electron chi connectivity index (χ3n) is 1.30. The molecule has 0 bridgehead atoms. The number of carboxylic acid groups (broad SMARTS) is 1. The van der Waals surface area contributed by atoms with Gasteiger partial charge in [-0.1, -0.05) is 0 Å². The third-order valence-corrected chi connectivity index (χ3v) is 1.30. The lowest BCUT2D eigenvalue weighted by Crippen LogP contribution is -2.47. The Morgan fingerprint density at radius 2 is 2.17 bits per heavy atom. The average Bonchev–Trinajstić information content (AvgIpc) is 2.04. The molecule has 1 amide bonds. The van der Waals surface area contributed by atoms with Crippen molar-refractivity contribution in [3.63, 3.8) is 0 Å². The highest BCUT2D eigenvalue weighted by molar-refractivity contribution is 5.86. The van der Waals surface area contributed by atoms with Gasteiger partial charge < -0.3 is 5.11 Å². The quantitative estimate of drug-likeness (QED) is 0.558. The zero-order valence-electron chi connectivity index (χ0n) is 6.10. The summed E-state index contributed by atoms with van der Waals surface area (Å²) < 4.78 is 1.00. The van der Waals surface area contributed by atoms with Crippen molar-refractivity contribution in [1.82, 2.24) is 0 Å². The molecule has 62 valence electrons. The van der Waals surface area contributed by atoms with E-state index in [0.29, 0.717) is 0 Å². The minimum Gasteiger partial charge on any atom is -0.478 e. The van der Waals surface area contributed by atoms with Crippen LogP contribution < -0.4 is 10.3 Å². The largest absolute Gasteiger partial charge is 0.493 e. The van der Waals surface area contributed by atoms with Crippen molar-refractivity contribution >= 4 is 12.0 Å². The van der Waals surface area contributed by atoms with E-state index < -0.39 is 12.0 Å². The summed E-state index contributed by atoms with van der Waals surface area (Å²) in [6.07, 6.45) is 2.54. The molecule has 0 aliphatic rings. The number of pyridine rings is 1. The molecule has 1 aromatic rings. The van der Waals surface area contributed by atoms with Gasteiger partial charge in [0.25, 0.3) is 0 Å². The van der Waals surface area contributed by atoms with E-state index in [-0.39, 0.29) is 5.56 Å². The van der Waals surface area contributed by atoms with Crippen LogP contribution in [0.2, 0.25) is 0 Å². The number of carbonyl (C=O) groups excluding carboxylic acids is 1. The summed E-state index contributed by atoms with van der Waals surface area (Å²) in [5, 5.41) is 8.53. The molecule has 0 saturated carbocycles. The molecule has 12 heavy (non-hydrogen) atoms. The van der Waals surface area contributed by atoms with Gasteiger partial charge in [-0.15, -0.1) is 0 Å². The van der Waals surface area contributed by atoms with Crippen LogP contribution in [-0.4, -0.2) is 17.1 Å². The van der Waals surface area contributed by atoms with Crippen LogP contribution >= 0.6 is 0 Å². The average molecular weight is 167 g/mol. The molecule has 0 aromatic carbocycles. The Morgan fingerprint density at radius 3 is 2.67 bits per heavy atom. The topological polar surface area (TPSA) is 84.3 Å². The highest BCUT2D eigenvalue weighted by atomic mass is 16.4. The lowest BCUT2D eigenvalue weighted by molar-refractivity contribution is -0.569. The number of nitrogens with two attached hydrogens (primary N) is 1. The molecule has 1 heterocycles. The highest BCUT2D eigenvalue weighted by Crippen LogP contribution is 1.92. The zero-order valence-corrected chi connectivity index (χ0v) is 6.10. The second-order valence-electron chi connectivity index (χ2n) is 2.14. The van der Waals surface area contributed by atoms with Gasteiger partial charge in [0.05, 0.1) is 11.8 Å². The molecule has 5 nitrogen and oxygen atoms in total. The first kappa shape index (κ1) is 8.19. The summed E-state index contributed by atoms with van der Waals surface area (Å²) in [5.74, 6) is -1.09. The monoisotopic (exact) mass is 167 g/mol. The number of amides is 1. The first-order chi connectivity index (χ1) is 5.61. The van der Waals surface area contributed by atoms with Gasteiger partial charge in [0.2, 0.25) is 0 Å². The van der Waals surface area contributed by atoms with Gasteiger partial charge in [-0.3, -0.25) is 5.73 Å². The van der Waals surface area contributed by atoms with Crippen molar-refractivity contribution in [3.05, 3.63) is 30.1 Å². The lowest BCUT2D eigenvalue weighted by Gasteiger charge is -1.93. The zero-order chi connectivity index (χ0) is 9.14. The summed E-state index contributed by atoms with van der Waals surface area (Å²) in [6.45, 7) is 0. The van der Waals surface area contributed by atoms with E-state index in [1.54, 1.807) is 0 Å². The van der Waals surface area contributed by atoms with E-state index in [2.05, 4.69) is 0 Å². The van der Waals surface area contributed by atoms with E-state index in [1.165, 1.54) is 18.3 Å². The van der Waals surface area contributed by atoms with Crippen molar-refractivity contribution in [3.8, 4) is 0 Å². The number of nitrogens with zero attached hydrogens (tertiary/aromatic N) is 1. The molecule has 1 aromatic heterocycles. The second-order valence-corrected chi connectivity index (χ2v) is 2.14. The predicted octanol–water partition coefficient (Wildman–Crippen LogP) is -0.401. The van der Waals surface area contributed by atoms with Crippen LogP contribution in [0.3, 0.4) is 0 Å². The SMILES string of the molecule is NC(=O)[n+]1cccc(C(=O)O)c1. The molecule has 0 saturated heterocycles. The number of hydrogen-bond acceptors (Lipinski definition) is 2. The van der Waals surface area contributed by atoms with E-state index in [0.717, 1.165) is 10.8 Å². The van der Waals surface area contributed by atoms with Gasteiger partial charge in [-0.2, -0.15) is 9.36 Å². The minimum absolute atomic E-state index is 0.0244. The van der Waals surface area contributed by atoms with Gasteiger partial charge in [0, 0.05) is 0 Å². The summed E-state index contributed by atoms with van der Waals surface area (Å²) in [5.41, 5.74) is 4.94. The van der Waals surface area contributed by atoms with Crippen molar-refractivity contribution in [1.29, 1.82) is 0 Å². The first-order valence-corrected chi connectivity index (χ1v) is 3.15. The molecule has 0 radical (unpaired) electrons.